The summed E-state index contributed by atoms with van der Waals surface area (Å²) < 4.78 is 0. The summed E-state index contributed by atoms with van der Waals surface area (Å²) in [5, 5.41) is 0. The maximum atomic E-state index is 11.5. The Morgan fingerprint density at radius 3 is 2.67 bits per heavy atom. The highest BCUT2D eigenvalue weighted by Crippen LogP contribution is 2.41. The molecule has 1 nitrogen and oxygen atoms in total. The second-order valence-corrected chi connectivity index (χ2v) is 6.18. The van der Waals surface area contributed by atoms with Crippen LogP contribution in [-0.2, 0) is 12.8 Å². The van der Waals surface area contributed by atoms with Gasteiger partial charge in [0.25, 0.3) is 0 Å². The number of rotatable bonds is 1. The standard InChI is InChI=1S/C16H16OS/c1-9-6-10(2)13-5-4-12-8-15(11(3)17)18-16(12)14(13)7-9/h6-8H,4-5H2,1-3H3. The van der Waals surface area contributed by atoms with Gasteiger partial charge in [-0.1, -0.05) is 17.7 Å². The first-order valence-corrected chi connectivity index (χ1v) is 7.12. The van der Waals surface area contributed by atoms with Gasteiger partial charge in [-0.2, -0.15) is 0 Å². The maximum Gasteiger partial charge on any atom is 0.169 e. The number of hydrogen-bond donors (Lipinski definition) is 0. The van der Waals surface area contributed by atoms with Gasteiger partial charge in [0.15, 0.2) is 5.78 Å². The van der Waals surface area contributed by atoms with Gasteiger partial charge in [0.2, 0.25) is 0 Å². The van der Waals surface area contributed by atoms with E-state index in [0.29, 0.717) is 0 Å². The number of carbonyl (C=O) groups is 1. The van der Waals surface area contributed by atoms with Gasteiger partial charge in [-0.05, 0) is 61.9 Å². The second kappa shape index (κ2) is 4.06. The van der Waals surface area contributed by atoms with Gasteiger partial charge >= 0.3 is 0 Å². The fourth-order valence-electron chi connectivity index (χ4n) is 2.81. The van der Waals surface area contributed by atoms with Crippen LogP contribution in [0, 0.1) is 13.8 Å². The zero-order valence-electron chi connectivity index (χ0n) is 11.0. The van der Waals surface area contributed by atoms with Crippen molar-refractivity contribution >= 4 is 17.1 Å². The Hall–Kier alpha value is -1.41. The van der Waals surface area contributed by atoms with E-state index in [9.17, 15) is 4.79 Å². The Kier molecular flexibility index (Phi) is 2.63. The van der Waals surface area contributed by atoms with Crippen LogP contribution >= 0.6 is 11.3 Å². The van der Waals surface area contributed by atoms with Gasteiger partial charge in [0, 0.05) is 4.88 Å². The molecule has 0 fully saturated rings. The van der Waals surface area contributed by atoms with Crippen molar-refractivity contribution in [2.75, 3.05) is 0 Å². The number of thiophene rings is 1. The summed E-state index contributed by atoms with van der Waals surface area (Å²) in [6.07, 6.45) is 2.17. The first-order chi connectivity index (χ1) is 8.56. The van der Waals surface area contributed by atoms with Crippen molar-refractivity contribution in [3.8, 4) is 10.4 Å². The van der Waals surface area contributed by atoms with Crippen LogP contribution < -0.4 is 0 Å². The smallest absolute Gasteiger partial charge is 0.169 e. The van der Waals surface area contributed by atoms with Crippen LogP contribution in [0.5, 0.6) is 0 Å². The van der Waals surface area contributed by atoms with E-state index in [2.05, 4.69) is 32.0 Å². The molecule has 2 aromatic rings. The van der Waals surface area contributed by atoms with Crippen LogP contribution in [0.2, 0.25) is 0 Å². The number of hydrogen-bond acceptors (Lipinski definition) is 2. The second-order valence-electron chi connectivity index (χ2n) is 5.13. The van der Waals surface area contributed by atoms with E-state index in [4.69, 9.17) is 0 Å². The highest BCUT2D eigenvalue weighted by atomic mass is 32.1. The Bertz CT molecular complexity index is 649. The van der Waals surface area contributed by atoms with Crippen molar-refractivity contribution < 1.29 is 4.79 Å². The van der Waals surface area contributed by atoms with Crippen molar-refractivity contribution in [3.05, 3.63) is 45.3 Å². The van der Waals surface area contributed by atoms with E-state index in [1.165, 1.54) is 32.7 Å². The molecule has 0 saturated heterocycles. The molecule has 1 aliphatic carbocycles. The third-order valence-corrected chi connectivity index (χ3v) is 4.97. The molecule has 0 spiro atoms. The molecule has 1 aromatic heterocycles. The molecule has 92 valence electrons. The summed E-state index contributed by atoms with van der Waals surface area (Å²) in [5.41, 5.74) is 6.85. The van der Waals surface area contributed by atoms with Crippen molar-refractivity contribution in [3.63, 3.8) is 0 Å². The van der Waals surface area contributed by atoms with Crippen LogP contribution in [0.15, 0.2) is 18.2 Å². The predicted octanol–water partition coefficient (Wildman–Crippen LogP) is 4.33. The lowest BCUT2D eigenvalue weighted by molar-refractivity contribution is 0.102. The van der Waals surface area contributed by atoms with Gasteiger partial charge in [0.1, 0.15) is 0 Å². The summed E-state index contributed by atoms with van der Waals surface area (Å²) in [5.74, 6) is 0.181. The lowest BCUT2D eigenvalue weighted by Gasteiger charge is -2.19. The number of Topliss-reactive ketones (excluding diaryl/α,β-unsaturated/α-hetero) is 1. The molecule has 1 aliphatic rings. The molecular formula is C16H16OS. The van der Waals surface area contributed by atoms with Crippen LogP contribution in [0.4, 0.5) is 0 Å². The fraction of sp³-hybridized carbons (Fsp3) is 0.312. The lowest BCUT2D eigenvalue weighted by Crippen LogP contribution is -2.03. The van der Waals surface area contributed by atoms with Gasteiger partial charge in [0.05, 0.1) is 4.88 Å². The van der Waals surface area contributed by atoms with Gasteiger partial charge in [-0.3, -0.25) is 4.79 Å². The minimum atomic E-state index is 0.181. The SMILES string of the molecule is CC(=O)c1cc2c(s1)-c1cc(C)cc(C)c1CC2. The Labute approximate surface area is 111 Å². The molecule has 2 heteroatoms. The van der Waals surface area contributed by atoms with Crippen LogP contribution in [0.3, 0.4) is 0 Å². The number of aryl methyl sites for hydroxylation is 3. The summed E-state index contributed by atoms with van der Waals surface area (Å²) in [6, 6.07) is 6.60. The zero-order valence-corrected chi connectivity index (χ0v) is 11.8. The third-order valence-electron chi connectivity index (χ3n) is 3.66. The molecule has 0 saturated carbocycles. The average Bonchev–Trinajstić information content (AvgIpc) is 2.72. The Morgan fingerprint density at radius 1 is 1.17 bits per heavy atom. The quantitative estimate of drug-likeness (QED) is 0.694. The molecule has 18 heavy (non-hydrogen) atoms. The maximum absolute atomic E-state index is 11.5. The monoisotopic (exact) mass is 256 g/mol. The highest BCUT2D eigenvalue weighted by molar-refractivity contribution is 7.17. The van der Waals surface area contributed by atoms with E-state index in [-0.39, 0.29) is 5.78 Å². The van der Waals surface area contributed by atoms with Crippen LogP contribution in [0.1, 0.15) is 38.8 Å². The van der Waals surface area contributed by atoms with Crippen molar-refractivity contribution in [2.45, 2.75) is 33.6 Å². The van der Waals surface area contributed by atoms with E-state index in [1.807, 2.05) is 0 Å². The number of carbonyl (C=O) groups excluding carboxylic acids is 1. The van der Waals surface area contributed by atoms with Crippen LogP contribution in [-0.4, -0.2) is 5.78 Å². The van der Waals surface area contributed by atoms with E-state index >= 15 is 0 Å². The van der Waals surface area contributed by atoms with E-state index in [1.54, 1.807) is 18.3 Å². The van der Waals surface area contributed by atoms with Gasteiger partial charge < -0.3 is 0 Å². The molecule has 0 unspecified atom stereocenters. The molecule has 0 atom stereocenters. The van der Waals surface area contributed by atoms with Crippen molar-refractivity contribution in [1.29, 1.82) is 0 Å². The minimum Gasteiger partial charge on any atom is -0.294 e. The molecular weight excluding hydrogens is 240 g/mol. The molecule has 0 radical (unpaired) electrons. The van der Waals surface area contributed by atoms with Gasteiger partial charge in [-0.15, -0.1) is 11.3 Å². The van der Waals surface area contributed by atoms with Crippen molar-refractivity contribution in [2.24, 2.45) is 0 Å². The minimum absolute atomic E-state index is 0.181. The van der Waals surface area contributed by atoms with Gasteiger partial charge in [-0.25, -0.2) is 0 Å². The number of fused-ring (bicyclic) bond motifs is 3. The molecule has 0 amide bonds. The lowest BCUT2D eigenvalue weighted by atomic mass is 9.87. The molecule has 1 aromatic carbocycles. The number of benzene rings is 1. The molecule has 3 rings (SSSR count). The van der Waals surface area contributed by atoms with Crippen molar-refractivity contribution in [1.82, 2.24) is 0 Å². The molecule has 0 bridgehead atoms. The topological polar surface area (TPSA) is 17.1 Å². The predicted molar refractivity (Wildman–Crippen MR) is 76.6 cm³/mol. The normalized spacial score (nSPS) is 13.1. The summed E-state index contributed by atoms with van der Waals surface area (Å²) >= 11 is 1.65. The molecule has 0 aliphatic heterocycles. The fourth-order valence-corrected chi connectivity index (χ4v) is 3.96. The summed E-state index contributed by atoms with van der Waals surface area (Å²) in [7, 11) is 0. The largest absolute Gasteiger partial charge is 0.294 e. The first kappa shape index (κ1) is 11.7. The Balaban J connectivity index is 2.24. The molecule has 1 heterocycles. The molecule has 0 N–H and O–H groups in total. The van der Waals surface area contributed by atoms with E-state index in [0.717, 1.165) is 17.7 Å². The number of ketones is 1. The highest BCUT2D eigenvalue weighted by Gasteiger charge is 2.21. The third kappa shape index (κ3) is 1.72. The zero-order chi connectivity index (χ0) is 12.9. The summed E-state index contributed by atoms with van der Waals surface area (Å²) in [6.45, 7) is 5.98. The summed E-state index contributed by atoms with van der Waals surface area (Å²) in [4.78, 5) is 13.7. The van der Waals surface area contributed by atoms with E-state index < -0.39 is 0 Å². The van der Waals surface area contributed by atoms with Crippen LogP contribution in [0.25, 0.3) is 10.4 Å². The average molecular weight is 256 g/mol. The Morgan fingerprint density at radius 2 is 1.94 bits per heavy atom. The first-order valence-electron chi connectivity index (χ1n) is 6.30.